The summed E-state index contributed by atoms with van der Waals surface area (Å²) in [6.07, 6.45) is 4.65. The maximum Gasteiger partial charge on any atom is 0.154 e. The number of nitrogens with two attached hydrogens (primary N) is 1. The lowest BCUT2D eigenvalue weighted by Gasteiger charge is -2.44. The van der Waals surface area contributed by atoms with Crippen LogP contribution in [0.15, 0.2) is 88.5 Å². The zero-order valence-corrected chi connectivity index (χ0v) is 23.7. The van der Waals surface area contributed by atoms with Crippen LogP contribution in [-0.4, -0.2) is 11.5 Å². The van der Waals surface area contributed by atoms with Crippen molar-refractivity contribution in [3.8, 4) is 0 Å². The van der Waals surface area contributed by atoms with Crippen LogP contribution in [0.1, 0.15) is 84.6 Å². The molecule has 3 nitrogen and oxygen atoms in total. The van der Waals surface area contributed by atoms with E-state index in [1.807, 2.05) is 51.1 Å². The Morgan fingerprint density at radius 1 is 0.833 bits per heavy atom. The molecule has 0 radical (unpaired) electrons. The molecule has 2 aromatic carbocycles. The molecule has 0 saturated heterocycles. The third-order valence-corrected chi connectivity index (χ3v) is 8.53. The first-order chi connectivity index (χ1) is 16.7. The molecular weight excluding hydrogens is 438 g/mol. The standard InChI is InChI=1S/C33H43N3/c1-22(2)35-30(36-24(4)20-25-14-12-11-13-15-25)23(3)16-19-29(34)26-17-18-27-28(21-26)32(7,8)33(9,10)31(27,5)6/h11-19,21H,4,20,34H2,1-3,5-10H3/b23-16+,29-19-,36-30-. The summed E-state index contributed by atoms with van der Waals surface area (Å²) in [5, 5.41) is 0. The molecule has 2 aromatic rings. The summed E-state index contributed by atoms with van der Waals surface area (Å²) in [7, 11) is 0. The summed E-state index contributed by atoms with van der Waals surface area (Å²) >= 11 is 0. The van der Waals surface area contributed by atoms with E-state index >= 15 is 0 Å². The summed E-state index contributed by atoms with van der Waals surface area (Å²) in [4.78, 5) is 9.43. The molecular formula is C33H43N3. The van der Waals surface area contributed by atoms with Crippen LogP contribution in [-0.2, 0) is 17.3 Å². The molecule has 190 valence electrons. The van der Waals surface area contributed by atoms with E-state index in [1.165, 1.54) is 16.7 Å². The second kappa shape index (κ2) is 10.0. The molecule has 0 amide bonds. The zero-order valence-electron chi connectivity index (χ0n) is 23.7. The topological polar surface area (TPSA) is 50.7 Å². The fraction of sp³-hybridized carbons (Fsp3) is 0.394. The predicted molar refractivity (Wildman–Crippen MR) is 158 cm³/mol. The van der Waals surface area contributed by atoms with Crippen molar-refractivity contribution < 1.29 is 0 Å². The lowest BCUT2D eigenvalue weighted by molar-refractivity contribution is 0.125. The van der Waals surface area contributed by atoms with Gasteiger partial charge in [-0.05, 0) is 77.0 Å². The fourth-order valence-electron chi connectivity index (χ4n) is 5.06. The Morgan fingerprint density at radius 2 is 1.44 bits per heavy atom. The van der Waals surface area contributed by atoms with Gasteiger partial charge in [-0.1, -0.05) is 96.7 Å². The van der Waals surface area contributed by atoms with E-state index in [0.29, 0.717) is 12.3 Å². The van der Waals surface area contributed by atoms with Crippen LogP contribution in [0.5, 0.6) is 0 Å². The van der Waals surface area contributed by atoms with Gasteiger partial charge in [0.2, 0.25) is 0 Å². The quantitative estimate of drug-likeness (QED) is 0.252. The molecule has 3 heteroatoms. The Labute approximate surface area is 218 Å². The fourth-order valence-corrected chi connectivity index (χ4v) is 5.06. The third kappa shape index (κ3) is 5.16. The Hall–Kier alpha value is -3.20. The Balaban J connectivity index is 1.92. The molecule has 0 unspecified atom stereocenters. The van der Waals surface area contributed by atoms with Gasteiger partial charge < -0.3 is 5.73 Å². The Morgan fingerprint density at radius 3 is 2.06 bits per heavy atom. The van der Waals surface area contributed by atoms with Crippen LogP contribution in [0, 0.1) is 5.41 Å². The summed E-state index contributed by atoms with van der Waals surface area (Å²) < 4.78 is 0. The molecule has 0 atom stereocenters. The lowest BCUT2D eigenvalue weighted by atomic mass is 9.59. The largest absolute Gasteiger partial charge is 0.398 e. The van der Waals surface area contributed by atoms with E-state index in [2.05, 4.69) is 83.4 Å². The van der Waals surface area contributed by atoms with Gasteiger partial charge >= 0.3 is 0 Å². The van der Waals surface area contributed by atoms with Gasteiger partial charge in [-0.3, -0.25) is 0 Å². The Kier molecular flexibility index (Phi) is 7.64. The number of hydrogen-bond acceptors (Lipinski definition) is 2. The van der Waals surface area contributed by atoms with Gasteiger partial charge in [0.15, 0.2) is 5.84 Å². The monoisotopic (exact) mass is 481 g/mol. The van der Waals surface area contributed by atoms with Crippen molar-refractivity contribution in [3.63, 3.8) is 0 Å². The van der Waals surface area contributed by atoms with Gasteiger partial charge in [-0.15, -0.1) is 0 Å². The average molecular weight is 482 g/mol. The first-order valence-electron chi connectivity index (χ1n) is 12.8. The SMILES string of the molecule is C=C(Cc1ccccc1)/N=C(N=C(C)C)/C(C)=C/C=C(\N)c1ccc2c(c1)C(C)(C)C(C)(C)C2(C)C. The molecule has 0 aliphatic heterocycles. The molecule has 0 heterocycles. The molecule has 0 saturated carbocycles. The highest BCUT2D eigenvalue weighted by atomic mass is 14.9. The van der Waals surface area contributed by atoms with Crippen molar-refractivity contribution in [1.29, 1.82) is 0 Å². The van der Waals surface area contributed by atoms with E-state index in [9.17, 15) is 0 Å². The smallest absolute Gasteiger partial charge is 0.154 e. The van der Waals surface area contributed by atoms with Crippen molar-refractivity contribution >= 4 is 17.2 Å². The van der Waals surface area contributed by atoms with Crippen molar-refractivity contribution in [2.45, 2.75) is 79.6 Å². The van der Waals surface area contributed by atoms with E-state index in [4.69, 9.17) is 10.7 Å². The number of rotatable bonds is 6. The van der Waals surface area contributed by atoms with Gasteiger partial charge in [0.1, 0.15) is 0 Å². The van der Waals surface area contributed by atoms with Crippen molar-refractivity contribution in [1.82, 2.24) is 0 Å². The van der Waals surface area contributed by atoms with Crippen LogP contribution < -0.4 is 5.73 Å². The van der Waals surface area contributed by atoms with Gasteiger partial charge in [0.05, 0.1) is 0 Å². The van der Waals surface area contributed by atoms with Crippen LogP contribution >= 0.6 is 0 Å². The molecule has 0 fully saturated rings. The van der Waals surface area contributed by atoms with Crippen LogP contribution in [0.4, 0.5) is 0 Å². The lowest BCUT2D eigenvalue weighted by Crippen LogP contribution is -2.42. The molecule has 0 aromatic heterocycles. The normalized spacial score (nSPS) is 18.5. The van der Waals surface area contributed by atoms with Crippen LogP contribution in [0.2, 0.25) is 0 Å². The second-order valence-electron chi connectivity index (χ2n) is 11.8. The van der Waals surface area contributed by atoms with Crippen molar-refractivity contribution in [3.05, 3.63) is 101 Å². The summed E-state index contributed by atoms with van der Waals surface area (Å²) in [6.45, 7) is 24.3. The number of benzene rings is 2. The molecule has 0 bridgehead atoms. The van der Waals surface area contributed by atoms with Crippen molar-refractivity contribution in [2.75, 3.05) is 0 Å². The second-order valence-corrected chi connectivity index (χ2v) is 11.8. The number of nitrogens with zero attached hydrogens (tertiary/aromatic N) is 2. The number of amidine groups is 1. The molecule has 3 rings (SSSR count). The maximum atomic E-state index is 6.59. The third-order valence-electron chi connectivity index (χ3n) is 8.53. The van der Waals surface area contributed by atoms with Gasteiger partial charge in [0.25, 0.3) is 0 Å². The first kappa shape index (κ1) is 27.4. The zero-order chi connectivity index (χ0) is 26.9. The van der Waals surface area contributed by atoms with E-state index in [0.717, 1.165) is 28.2 Å². The average Bonchev–Trinajstić information content (AvgIpc) is 2.91. The Bertz CT molecular complexity index is 1260. The first-order valence-corrected chi connectivity index (χ1v) is 12.8. The highest BCUT2D eigenvalue weighted by molar-refractivity contribution is 6.06. The molecule has 1 aliphatic carbocycles. The highest BCUT2D eigenvalue weighted by Gasteiger charge is 2.56. The predicted octanol–water partition coefficient (Wildman–Crippen LogP) is 8.16. The summed E-state index contributed by atoms with van der Waals surface area (Å²) in [5.41, 5.74) is 15.3. The van der Waals surface area contributed by atoms with E-state index in [1.54, 1.807) is 0 Å². The van der Waals surface area contributed by atoms with Crippen LogP contribution in [0.25, 0.3) is 5.70 Å². The van der Waals surface area contributed by atoms with Gasteiger partial charge in [0, 0.05) is 23.5 Å². The summed E-state index contributed by atoms with van der Waals surface area (Å²) in [6, 6.07) is 16.9. The minimum atomic E-state index is 0.0419. The minimum Gasteiger partial charge on any atom is -0.398 e. The molecule has 2 N–H and O–H groups in total. The minimum absolute atomic E-state index is 0.0419. The maximum absolute atomic E-state index is 6.59. The molecule has 1 aliphatic rings. The van der Waals surface area contributed by atoms with Crippen molar-refractivity contribution in [2.24, 2.45) is 21.1 Å². The van der Waals surface area contributed by atoms with E-state index < -0.39 is 0 Å². The summed E-state index contributed by atoms with van der Waals surface area (Å²) in [5.74, 6) is 0.665. The van der Waals surface area contributed by atoms with E-state index in [-0.39, 0.29) is 16.2 Å². The van der Waals surface area contributed by atoms with Gasteiger partial charge in [-0.25, -0.2) is 9.98 Å². The number of aliphatic imine (C=N–C) groups is 2. The number of fused-ring (bicyclic) bond motifs is 1. The molecule has 0 spiro atoms. The highest BCUT2D eigenvalue weighted by Crippen LogP contribution is 2.61. The number of hydrogen-bond donors (Lipinski definition) is 1. The van der Waals surface area contributed by atoms with Crippen LogP contribution in [0.3, 0.4) is 0 Å². The molecule has 36 heavy (non-hydrogen) atoms. The van der Waals surface area contributed by atoms with Gasteiger partial charge in [-0.2, -0.15) is 0 Å². The number of allylic oxidation sites excluding steroid dienone is 3.